The second-order valence-corrected chi connectivity index (χ2v) is 6.05. The van der Waals surface area contributed by atoms with Crippen LogP contribution in [0, 0.1) is 10.1 Å². The van der Waals surface area contributed by atoms with Crippen molar-refractivity contribution in [3.05, 3.63) is 38.4 Å². The third-order valence-corrected chi connectivity index (χ3v) is 4.21. The topological polar surface area (TPSA) is 131 Å². The minimum absolute atomic E-state index is 0.0910. The molecule has 2 amide bonds. The van der Waals surface area contributed by atoms with Gasteiger partial charge in [-0.2, -0.15) is 0 Å². The summed E-state index contributed by atoms with van der Waals surface area (Å²) in [6.45, 7) is 0.567. The Morgan fingerprint density at radius 3 is 2.72 bits per heavy atom. The summed E-state index contributed by atoms with van der Waals surface area (Å²) in [5.74, 6) is -0.315. The van der Waals surface area contributed by atoms with Crippen LogP contribution in [-0.2, 0) is 16.0 Å². The molecule has 1 saturated heterocycles. The standard InChI is InChI=1S/C14H14ClN3O7/c15-10-2-9-7(1-11(10)18(22)23)3-17(13(9)19)4-12-24-5-8(6-25-12)16-14(20)21/h1-2,8,12,16H,3-6H2,(H,20,21). The molecule has 2 aliphatic heterocycles. The molecule has 2 aliphatic rings. The molecule has 2 heterocycles. The minimum Gasteiger partial charge on any atom is -0.465 e. The Hall–Kier alpha value is -2.43. The number of amides is 2. The highest BCUT2D eigenvalue weighted by atomic mass is 35.5. The Bertz CT molecular complexity index is 733. The second-order valence-electron chi connectivity index (χ2n) is 5.65. The maximum absolute atomic E-state index is 12.4. The Morgan fingerprint density at radius 1 is 1.44 bits per heavy atom. The molecule has 3 rings (SSSR count). The molecule has 1 aromatic rings. The molecule has 0 bridgehead atoms. The van der Waals surface area contributed by atoms with Gasteiger partial charge in [-0.25, -0.2) is 4.79 Å². The average Bonchev–Trinajstić information content (AvgIpc) is 2.84. The molecule has 0 saturated carbocycles. The molecule has 0 atom stereocenters. The largest absolute Gasteiger partial charge is 0.465 e. The number of carbonyl (C=O) groups is 2. The Balaban J connectivity index is 1.63. The highest BCUT2D eigenvalue weighted by molar-refractivity contribution is 6.33. The number of carboxylic acid groups (broad SMARTS) is 1. The molecule has 0 unspecified atom stereocenters. The van der Waals surface area contributed by atoms with Crippen molar-refractivity contribution in [2.75, 3.05) is 19.8 Å². The molecule has 10 nitrogen and oxygen atoms in total. The number of ether oxygens (including phenoxy) is 2. The Morgan fingerprint density at radius 2 is 2.12 bits per heavy atom. The molecular formula is C14H14ClN3O7. The van der Waals surface area contributed by atoms with Crippen LogP contribution in [0.5, 0.6) is 0 Å². The lowest BCUT2D eigenvalue weighted by Crippen LogP contribution is -2.49. The van der Waals surface area contributed by atoms with Crippen LogP contribution >= 0.6 is 11.6 Å². The van der Waals surface area contributed by atoms with E-state index in [0.29, 0.717) is 11.1 Å². The van der Waals surface area contributed by atoms with Gasteiger partial charge in [0.05, 0.1) is 30.7 Å². The van der Waals surface area contributed by atoms with E-state index in [0.717, 1.165) is 0 Å². The zero-order chi connectivity index (χ0) is 18.1. The molecule has 11 heteroatoms. The summed E-state index contributed by atoms with van der Waals surface area (Å²) in [5.41, 5.74) is 0.585. The van der Waals surface area contributed by atoms with Gasteiger partial charge in [-0.15, -0.1) is 0 Å². The number of nitrogens with one attached hydrogen (secondary N) is 1. The number of hydrogen-bond acceptors (Lipinski definition) is 6. The lowest BCUT2D eigenvalue weighted by Gasteiger charge is -2.31. The van der Waals surface area contributed by atoms with Crippen molar-refractivity contribution >= 4 is 29.3 Å². The van der Waals surface area contributed by atoms with E-state index in [9.17, 15) is 19.7 Å². The monoisotopic (exact) mass is 371 g/mol. The van der Waals surface area contributed by atoms with Gasteiger partial charge in [-0.3, -0.25) is 14.9 Å². The van der Waals surface area contributed by atoms with E-state index in [-0.39, 0.29) is 42.9 Å². The summed E-state index contributed by atoms with van der Waals surface area (Å²) < 4.78 is 10.8. The van der Waals surface area contributed by atoms with Crippen molar-refractivity contribution in [2.45, 2.75) is 18.9 Å². The summed E-state index contributed by atoms with van der Waals surface area (Å²) in [7, 11) is 0. The van der Waals surface area contributed by atoms with Crippen LogP contribution in [0.4, 0.5) is 10.5 Å². The van der Waals surface area contributed by atoms with E-state index in [1.165, 1.54) is 17.0 Å². The van der Waals surface area contributed by atoms with Gasteiger partial charge in [0.25, 0.3) is 11.6 Å². The molecule has 1 aromatic carbocycles. The number of nitrogens with zero attached hydrogens (tertiary/aromatic N) is 2. The van der Waals surface area contributed by atoms with Crippen LogP contribution in [0.2, 0.25) is 5.02 Å². The molecule has 0 aliphatic carbocycles. The van der Waals surface area contributed by atoms with Gasteiger partial charge in [0.2, 0.25) is 0 Å². The summed E-state index contributed by atoms with van der Waals surface area (Å²) in [4.78, 5) is 34.8. The number of nitro groups is 1. The van der Waals surface area contributed by atoms with Crippen molar-refractivity contribution in [3.8, 4) is 0 Å². The predicted octanol–water partition coefficient (Wildman–Crippen LogP) is 1.21. The fourth-order valence-electron chi connectivity index (χ4n) is 2.76. The first kappa shape index (κ1) is 17.4. The van der Waals surface area contributed by atoms with Crippen molar-refractivity contribution in [1.82, 2.24) is 10.2 Å². The van der Waals surface area contributed by atoms with E-state index >= 15 is 0 Å². The van der Waals surface area contributed by atoms with Gasteiger partial charge < -0.3 is 24.8 Å². The molecule has 1 fully saturated rings. The molecular weight excluding hydrogens is 358 g/mol. The van der Waals surface area contributed by atoms with Crippen LogP contribution in [0.3, 0.4) is 0 Å². The number of carbonyl (C=O) groups excluding carboxylic acids is 1. The van der Waals surface area contributed by atoms with Gasteiger partial charge in [-0.1, -0.05) is 11.6 Å². The number of halogens is 1. The molecule has 0 aromatic heterocycles. The van der Waals surface area contributed by atoms with Gasteiger partial charge in [0.15, 0.2) is 6.29 Å². The fourth-order valence-corrected chi connectivity index (χ4v) is 2.99. The zero-order valence-corrected chi connectivity index (χ0v) is 13.6. The fraction of sp³-hybridized carbons (Fsp3) is 0.429. The lowest BCUT2D eigenvalue weighted by atomic mass is 10.1. The van der Waals surface area contributed by atoms with Crippen molar-refractivity contribution in [3.63, 3.8) is 0 Å². The number of benzene rings is 1. The van der Waals surface area contributed by atoms with Gasteiger partial charge in [0, 0.05) is 18.2 Å². The summed E-state index contributed by atoms with van der Waals surface area (Å²) in [6, 6.07) is 2.12. The van der Waals surface area contributed by atoms with Gasteiger partial charge in [-0.05, 0) is 11.6 Å². The third-order valence-electron chi connectivity index (χ3n) is 3.91. The SMILES string of the molecule is O=C(O)NC1COC(CN2Cc3cc([N+](=O)[O-])c(Cl)cc3C2=O)OC1. The van der Waals surface area contributed by atoms with Crippen molar-refractivity contribution in [2.24, 2.45) is 0 Å². The van der Waals surface area contributed by atoms with Crippen LogP contribution in [-0.4, -0.2) is 59.0 Å². The highest BCUT2D eigenvalue weighted by Crippen LogP contribution is 2.33. The van der Waals surface area contributed by atoms with E-state index in [1.54, 1.807) is 0 Å². The summed E-state index contributed by atoms with van der Waals surface area (Å²) in [6.07, 6.45) is -1.87. The molecule has 0 spiro atoms. The van der Waals surface area contributed by atoms with E-state index < -0.39 is 23.3 Å². The van der Waals surface area contributed by atoms with E-state index in [4.69, 9.17) is 26.2 Å². The predicted molar refractivity (Wildman–Crippen MR) is 83.5 cm³/mol. The number of hydrogen-bond donors (Lipinski definition) is 2. The summed E-state index contributed by atoms with van der Waals surface area (Å²) >= 11 is 5.85. The maximum atomic E-state index is 12.4. The second kappa shape index (κ2) is 6.82. The molecule has 2 N–H and O–H groups in total. The number of fused-ring (bicyclic) bond motifs is 1. The molecule has 0 radical (unpaired) electrons. The summed E-state index contributed by atoms with van der Waals surface area (Å²) in [5, 5.41) is 21.7. The Labute approximate surface area is 146 Å². The Kier molecular flexibility index (Phi) is 4.75. The van der Waals surface area contributed by atoms with Gasteiger partial charge in [0.1, 0.15) is 5.02 Å². The first-order chi connectivity index (χ1) is 11.8. The number of rotatable bonds is 4. The van der Waals surface area contributed by atoms with Crippen molar-refractivity contribution < 1.29 is 29.1 Å². The first-order valence-corrected chi connectivity index (χ1v) is 7.71. The van der Waals surface area contributed by atoms with E-state index in [1.807, 2.05) is 0 Å². The third kappa shape index (κ3) is 3.65. The molecule has 134 valence electrons. The lowest BCUT2D eigenvalue weighted by molar-refractivity contribution is -0.384. The maximum Gasteiger partial charge on any atom is 0.405 e. The highest BCUT2D eigenvalue weighted by Gasteiger charge is 2.34. The average molecular weight is 372 g/mol. The zero-order valence-electron chi connectivity index (χ0n) is 12.8. The van der Waals surface area contributed by atoms with Crippen LogP contribution in [0.1, 0.15) is 15.9 Å². The van der Waals surface area contributed by atoms with E-state index in [2.05, 4.69) is 5.32 Å². The normalized spacial score (nSPS) is 22.6. The number of nitro benzene ring substituents is 1. The van der Waals surface area contributed by atoms with Crippen LogP contribution < -0.4 is 5.32 Å². The molecule has 25 heavy (non-hydrogen) atoms. The van der Waals surface area contributed by atoms with Crippen LogP contribution in [0.25, 0.3) is 0 Å². The van der Waals surface area contributed by atoms with Gasteiger partial charge >= 0.3 is 6.09 Å². The first-order valence-electron chi connectivity index (χ1n) is 7.34. The van der Waals surface area contributed by atoms with Crippen LogP contribution in [0.15, 0.2) is 12.1 Å². The van der Waals surface area contributed by atoms with Crippen molar-refractivity contribution in [1.29, 1.82) is 0 Å². The smallest absolute Gasteiger partial charge is 0.405 e. The minimum atomic E-state index is -1.17. The quantitative estimate of drug-likeness (QED) is 0.600.